The third kappa shape index (κ3) is 4.10. The van der Waals surface area contributed by atoms with Crippen molar-refractivity contribution in [3.63, 3.8) is 0 Å². The molecule has 0 aliphatic carbocycles. The second kappa shape index (κ2) is 9.67. The van der Waals surface area contributed by atoms with Crippen molar-refractivity contribution in [1.82, 2.24) is 9.80 Å². The Hall–Kier alpha value is -2.93. The van der Waals surface area contributed by atoms with E-state index >= 15 is 0 Å². The Morgan fingerprint density at radius 3 is 1.92 bits per heavy atom. The highest BCUT2D eigenvalue weighted by Crippen LogP contribution is 2.49. The second-order valence-corrected chi connectivity index (χ2v) is 16.6. The first kappa shape index (κ1) is 25.4. The van der Waals surface area contributed by atoms with Gasteiger partial charge in [0, 0.05) is 13.1 Å². The molecule has 6 rings (SSSR count). The number of likely N-dealkylation sites (tertiary alicyclic amines) is 1. The number of hydrogen-bond donors (Lipinski definition) is 1. The van der Waals surface area contributed by atoms with Crippen molar-refractivity contribution in [1.29, 1.82) is 0 Å². The van der Waals surface area contributed by atoms with Crippen LogP contribution in [0.5, 0.6) is 0 Å². The van der Waals surface area contributed by atoms with Crippen molar-refractivity contribution >= 4 is 24.8 Å². The number of rotatable bonds is 6. The van der Waals surface area contributed by atoms with E-state index in [0.717, 1.165) is 25.9 Å². The van der Waals surface area contributed by atoms with Crippen molar-refractivity contribution in [2.45, 2.75) is 69.4 Å². The van der Waals surface area contributed by atoms with Gasteiger partial charge in [0.2, 0.25) is 0 Å². The summed E-state index contributed by atoms with van der Waals surface area (Å²) >= 11 is 0. The van der Waals surface area contributed by atoms with Crippen LogP contribution in [0.25, 0.3) is 0 Å². The predicted molar refractivity (Wildman–Crippen MR) is 153 cm³/mol. The van der Waals surface area contributed by atoms with Crippen LogP contribution in [0.1, 0.15) is 39.2 Å². The van der Waals surface area contributed by atoms with Crippen LogP contribution < -0.4 is 10.4 Å². The molecule has 3 bridgehead atoms. The van der Waals surface area contributed by atoms with E-state index in [9.17, 15) is 9.90 Å². The summed E-state index contributed by atoms with van der Waals surface area (Å²) in [4.78, 5) is 17.0. The molecule has 3 aromatic rings. The largest absolute Gasteiger partial charge is 0.465 e. The molecule has 1 amide bonds. The van der Waals surface area contributed by atoms with Crippen molar-refractivity contribution in [3.05, 3.63) is 96.6 Å². The van der Waals surface area contributed by atoms with E-state index in [1.807, 2.05) is 0 Å². The fourth-order valence-corrected chi connectivity index (χ4v) is 12.4. The van der Waals surface area contributed by atoms with Crippen LogP contribution in [0.3, 0.4) is 0 Å². The molecule has 0 radical (unpaired) electrons. The van der Waals surface area contributed by atoms with E-state index < -0.39 is 14.4 Å². The maximum Gasteiger partial charge on any atom is 0.407 e. The Kier molecular flexibility index (Phi) is 6.45. The minimum atomic E-state index is -2.85. The minimum Gasteiger partial charge on any atom is -0.465 e. The van der Waals surface area contributed by atoms with Crippen molar-refractivity contribution in [2.75, 3.05) is 6.54 Å². The Balaban J connectivity index is 1.49. The molecule has 3 saturated heterocycles. The summed E-state index contributed by atoms with van der Waals surface area (Å²) in [5, 5.41) is 12.7. The Morgan fingerprint density at radius 1 is 0.868 bits per heavy atom. The van der Waals surface area contributed by atoms with Gasteiger partial charge in [-0.1, -0.05) is 112 Å². The molecule has 5 unspecified atom stereocenters. The van der Waals surface area contributed by atoms with Crippen LogP contribution >= 0.6 is 0 Å². The van der Waals surface area contributed by atoms with Gasteiger partial charge in [0.05, 0.1) is 24.2 Å². The van der Waals surface area contributed by atoms with Gasteiger partial charge in [-0.2, -0.15) is 0 Å². The van der Waals surface area contributed by atoms with Gasteiger partial charge in [-0.3, -0.25) is 9.80 Å². The van der Waals surface area contributed by atoms with Gasteiger partial charge in [-0.25, -0.2) is 4.79 Å². The maximum atomic E-state index is 12.7. The average molecular weight is 527 g/mol. The molecule has 6 heteroatoms. The van der Waals surface area contributed by atoms with Gasteiger partial charge >= 0.3 is 6.09 Å². The quantitative estimate of drug-likeness (QED) is 0.462. The number of fused-ring (bicyclic) bond motifs is 2. The molecule has 0 aromatic heterocycles. The molecular weight excluding hydrogens is 488 g/mol. The normalized spacial score (nSPS) is 27.0. The minimum absolute atomic E-state index is 0.0306. The van der Waals surface area contributed by atoms with Crippen molar-refractivity contribution < 1.29 is 14.3 Å². The van der Waals surface area contributed by atoms with E-state index in [4.69, 9.17) is 4.43 Å². The molecular formula is C32H38N2O3Si. The smallest absolute Gasteiger partial charge is 0.407 e. The number of piperidine rings is 2. The van der Waals surface area contributed by atoms with Crippen molar-refractivity contribution in [3.8, 4) is 0 Å². The van der Waals surface area contributed by atoms with Gasteiger partial charge < -0.3 is 9.53 Å². The fourth-order valence-electron chi connectivity index (χ4n) is 7.66. The van der Waals surface area contributed by atoms with Crippen LogP contribution in [0.4, 0.5) is 4.79 Å². The zero-order valence-corrected chi connectivity index (χ0v) is 23.5. The molecule has 0 spiro atoms. The number of benzene rings is 3. The lowest BCUT2D eigenvalue weighted by Gasteiger charge is -2.47. The van der Waals surface area contributed by atoms with Crippen LogP contribution in [-0.4, -0.2) is 60.1 Å². The van der Waals surface area contributed by atoms with Crippen LogP contribution in [0, 0.1) is 5.92 Å². The van der Waals surface area contributed by atoms with Crippen LogP contribution in [-0.2, 0) is 11.0 Å². The molecule has 3 aliphatic heterocycles. The molecule has 3 aromatic carbocycles. The Labute approximate surface area is 227 Å². The predicted octanol–water partition coefficient (Wildman–Crippen LogP) is 4.96. The van der Waals surface area contributed by atoms with Gasteiger partial charge in [0.15, 0.2) is 0 Å². The van der Waals surface area contributed by atoms with E-state index in [1.165, 1.54) is 15.9 Å². The summed E-state index contributed by atoms with van der Waals surface area (Å²) in [6, 6.07) is 31.9. The molecule has 3 heterocycles. The highest BCUT2D eigenvalue weighted by atomic mass is 28.4. The monoisotopic (exact) mass is 526 g/mol. The van der Waals surface area contributed by atoms with Gasteiger partial charge in [0.25, 0.3) is 8.32 Å². The third-order valence-corrected chi connectivity index (χ3v) is 14.1. The zero-order chi connectivity index (χ0) is 26.5. The van der Waals surface area contributed by atoms with E-state index in [-0.39, 0.29) is 29.3 Å². The van der Waals surface area contributed by atoms with Crippen molar-refractivity contribution in [2.24, 2.45) is 5.92 Å². The number of carbonyl (C=O) groups is 1. The molecule has 0 saturated carbocycles. The molecule has 38 heavy (non-hydrogen) atoms. The fraction of sp³-hybridized carbons (Fsp3) is 0.406. The van der Waals surface area contributed by atoms with E-state index in [1.54, 1.807) is 4.90 Å². The summed E-state index contributed by atoms with van der Waals surface area (Å²) in [5.41, 5.74) is 1.27. The van der Waals surface area contributed by atoms with E-state index in [0.29, 0.717) is 5.92 Å². The lowest BCUT2D eigenvalue weighted by atomic mass is 9.86. The molecule has 198 valence electrons. The average Bonchev–Trinajstić information content (AvgIpc) is 3.03. The topological polar surface area (TPSA) is 53.0 Å². The molecule has 5 nitrogen and oxygen atoms in total. The third-order valence-electron chi connectivity index (χ3n) is 9.07. The highest BCUT2D eigenvalue weighted by molar-refractivity contribution is 6.99. The maximum absolute atomic E-state index is 12.7. The highest BCUT2D eigenvalue weighted by Gasteiger charge is 2.63. The molecule has 3 fully saturated rings. The summed E-state index contributed by atoms with van der Waals surface area (Å²) in [6.07, 6.45) is 0.810. The first-order valence-electron chi connectivity index (χ1n) is 13.9. The first-order valence-corrected chi connectivity index (χ1v) is 15.8. The van der Waals surface area contributed by atoms with Crippen LogP contribution in [0.15, 0.2) is 91.0 Å². The summed E-state index contributed by atoms with van der Waals surface area (Å²) in [7, 11) is -2.85. The number of amides is 1. The summed E-state index contributed by atoms with van der Waals surface area (Å²) in [6.45, 7) is 8.72. The van der Waals surface area contributed by atoms with E-state index in [2.05, 4.69) is 117 Å². The molecule has 3 aliphatic rings. The Bertz CT molecular complexity index is 1220. The lowest BCUT2D eigenvalue weighted by molar-refractivity contribution is 0.0156. The SMILES string of the molecule is CC(C)(C)[Si](OC1C2C3CC(CC1N3C(=O)O)CN2Cc1ccccc1)(c1ccccc1)c1ccccc1. The number of nitrogens with zero attached hydrogens (tertiary/aromatic N) is 2. The van der Waals surface area contributed by atoms with Gasteiger partial charge in [-0.15, -0.1) is 0 Å². The Morgan fingerprint density at radius 2 is 1.39 bits per heavy atom. The lowest BCUT2D eigenvalue weighted by Crippen LogP contribution is -2.69. The standard InChI is InChI=1S/C32H38N2O3Si/c1-32(2,3)38(25-15-9-5-10-16-25,26-17-11-6-12-18-26)37-30-28-20-24-19-27(34(28)31(35)36)29(30)33(22-24)21-23-13-7-4-8-14-23/h4-18,24,27-30H,19-22H2,1-3H3,(H,35,36). The van der Waals surface area contributed by atoms with Gasteiger partial charge in [0.1, 0.15) is 0 Å². The number of hydrogen-bond acceptors (Lipinski definition) is 3. The van der Waals surface area contributed by atoms with Gasteiger partial charge in [-0.05, 0) is 39.7 Å². The molecule has 5 atom stereocenters. The number of carboxylic acid groups (broad SMARTS) is 1. The molecule has 1 N–H and O–H groups in total. The first-order chi connectivity index (χ1) is 18.3. The second-order valence-electron chi connectivity index (χ2n) is 12.3. The summed E-state index contributed by atoms with van der Waals surface area (Å²) < 4.78 is 7.72. The zero-order valence-electron chi connectivity index (χ0n) is 22.5. The summed E-state index contributed by atoms with van der Waals surface area (Å²) in [5.74, 6) is 0.494. The van der Waals surface area contributed by atoms with Crippen LogP contribution in [0.2, 0.25) is 5.04 Å².